The summed E-state index contributed by atoms with van der Waals surface area (Å²) < 4.78 is 8.03. The minimum Gasteiger partial charge on any atom is -0.485 e. The molecule has 1 aromatic heterocycles. The van der Waals surface area contributed by atoms with Crippen LogP contribution in [0.25, 0.3) is 0 Å². The molecular weight excluding hydrogens is 236 g/mol. The fourth-order valence-corrected chi connectivity index (χ4v) is 2.04. The maximum atomic E-state index is 5.93. The Morgan fingerprint density at radius 1 is 1.32 bits per heavy atom. The number of rotatable bonds is 5. The molecule has 0 N–H and O–H groups in total. The number of hydrogen-bond donors (Lipinski definition) is 0. The van der Waals surface area contributed by atoms with Gasteiger partial charge in [0, 0.05) is 18.9 Å². The third-order valence-electron chi connectivity index (χ3n) is 3.38. The van der Waals surface area contributed by atoms with Crippen LogP contribution in [0.1, 0.15) is 43.6 Å². The molecule has 0 fully saturated rings. The second kappa shape index (κ2) is 5.91. The van der Waals surface area contributed by atoms with Crippen molar-refractivity contribution < 1.29 is 4.74 Å². The maximum absolute atomic E-state index is 5.93. The van der Waals surface area contributed by atoms with Crippen molar-refractivity contribution in [3.05, 3.63) is 47.5 Å². The zero-order chi connectivity index (χ0) is 13.8. The van der Waals surface area contributed by atoms with E-state index in [2.05, 4.69) is 55.4 Å². The monoisotopic (exact) mass is 258 g/mol. The molecule has 2 rings (SSSR count). The van der Waals surface area contributed by atoms with Gasteiger partial charge in [0.25, 0.3) is 0 Å². The maximum Gasteiger partial charge on any atom is 0.146 e. The molecule has 0 saturated carbocycles. The third kappa shape index (κ3) is 3.16. The molecule has 0 spiro atoms. The average Bonchev–Trinajstić information content (AvgIpc) is 2.85. The van der Waals surface area contributed by atoms with Crippen LogP contribution >= 0.6 is 0 Å². The Balaban J connectivity index is 2.13. The number of ether oxygens (including phenoxy) is 1. The van der Waals surface area contributed by atoms with E-state index < -0.39 is 0 Å². The molecule has 3 nitrogen and oxygen atoms in total. The van der Waals surface area contributed by atoms with Crippen molar-refractivity contribution in [3.63, 3.8) is 0 Å². The molecule has 0 unspecified atom stereocenters. The third-order valence-corrected chi connectivity index (χ3v) is 3.38. The van der Waals surface area contributed by atoms with E-state index in [9.17, 15) is 0 Å². The minimum absolute atomic E-state index is 0.514. The quantitative estimate of drug-likeness (QED) is 0.813. The topological polar surface area (TPSA) is 27.1 Å². The molecule has 0 amide bonds. The van der Waals surface area contributed by atoms with Crippen LogP contribution in [0.3, 0.4) is 0 Å². The SMILES string of the molecule is CCn1ccnc1COc1cc(C(C)C)ccc1C. The van der Waals surface area contributed by atoms with Crippen molar-refractivity contribution in [2.45, 2.75) is 46.8 Å². The highest BCUT2D eigenvalue weighted by Gasteiger charge is 2.07. The molecule has 1 heterocycles. The lowest BCUT2D eigenvalue weighted by Gasteiger charge is -2.13. The number of imidazole rings is 1. The fourth-order valence-electron chi connectivity index (χ4n) is 2.04. The summed E-state index contributed by atoms with van der Waals surface area (Å²) in [5, 5.41) is 0. The van der Waals surface area contributed by atoms with Crippen molar-refractivity contribution in [3.8, 4) is 5.75 Å². The second-order valence-corrected chi connectivity index (χ2v) is 5.10. The standard InChI is InChI=1S/C16H22N2O/c1-5-18-9-8-17-16(18)11-19-15-10-14(12(2)3)7-6-13(15)4/h6-10,12H,5,11H2,1-4H3. The summed E-state index contributed by atoms with van der Waals surface area (Å²) in [5.41, 5.74) is 2.47. The lowest BCUT2D eigenvalue weighted by molar-refractivity contribution is 0.287. The first kappa shape index (κ1) is 13.7. The van der Waals surface area contributed by atoms with Crippen LogP contribution in [-0.2, 0) is 13.2 Å². The Labute approximate surface area is 115 Å². The van der Waals surface area contributed by atoms with Gasteiger partial charge in [0.15, 0.2) is 0 Å². The molecule has 0 atom stereocenters. The van der Waals surface area contributed by atoms with Crippen LogP contribution in [0.5, 0.6) is 5.75 Å². The van der Waals surface area contributed by atoms with Gasteiger partial charge in [0.2, 0.25) is 0 Å². The number of aromatic nitrogens is 2. The lowest BCUT2D eigenvalue weighted by Crippen LogP contribution is -2.06. The van der Waals surface area contributed by atoms with E-state index in [-0.39, 0.29) is 0 Å². The molecule has 0 radical (unpaired) electrons. The van der Waals surface area contributed by atoms with Gasteiger partial charge in [-0.05, 0) is 37.0 Å². The highest BCUT2D eigenvalue weighted by atomic mass is 16.5. The van der Waals surface area contributed by atoms with Gasteiger partial charge >= 0.3 is 0 Å². The molecule has 2 aromatic rings. The molecule has 3 heteroatoms. The first-order valence-electron chi connectivity index (χ1n) is 6.85. The zero-order valence-electron chi connectivity index (χ0n) is 12.2. The van der Waals surface area contributed by atoms with Crippen LogP contribution in [0.4, 0.5) is 0 Å². The summed E-state index contributed by atoms with van der Waals surface area (Å²) >= 11 is 0. The van der Waals surface area contributed by atoms with Crippen molar-refractivity contribution in [2.24, 2.45) is 0 Å². The first-order valence-corrected chi connectivity index (χ1v) is 6.85. The van der Waals surface area contributed by atoms with E-state index in [4.69, 9.17) is 4.74 Å². The Morgan fingerprint density at radius 2 is 2.11 bits per heavy atom. The molecular formula is C16H22N2O. The van der Waals surface area contributed by atoms with Gasteiger partial charge in [0.05, 0.1) is 0 Å². The van der Waals surface area contributed by atoms with E-state index in [1.54, 1.807) is 0 Å². The van der Waals surface area contributed by atoms with E-state index in [1.807, 2.05) is 12.4 Å². The number of aryl methyl sites for hydroxylation is 2. The molecule has 0 aliphatic carbocycles. The summed E-state index contributed by atoms with van der Waals surface area (Å²) in [4.78, 5) is 4.33. The Kier molecular flexibility index (Phi) is 4.25. The Morgan fingerprint density at radius 3 is 2.79 bits per heavy atom. The summed E-state index contributed by atoms with van der Waals surface area (Å²) in [6.45, 7) is 10.0. The first-order chi connectivity index (χ1) is 9.11. The summed E-state index contributed by atoms with van der Waals surface area (Å²) in [7, 11) is 0. The van der Waals surface area contributed by atoms with Gasteiger partial charge in [-0.25, -0.2) is 4.98 Å². The van der Waals surface area contributed by atoms with Gasteiger partial charge in [-0.1, -0.05) is 26.0 Å². The highest BCUT2D eigenvalue weighted by molar-refractivity contribution is 5.37. The predicted octanol–water partition coefficient (Wildman–Crippen LogP) is 3.91. The molecule has 0 aliphatic heterocycles. The van der Waals surface area contributed by atoms with Crippen LogP contribution in [0, 0.1) is 6.92 Å². The largest absolute Gasteiger partial charge is 0.485 e. The van der Waals surface area contributed by atoms with Crippen molar-refractivity contribution >= 4 is 0 Å². The number of benzene rings is 1. The Hall–Kier alpha value is -1.77. The number of hydrogen-bond acceptors (Lipinski definition) is 2. The van der Waals surface area contributed by atoms with Crippen LogP contribution < -0.4 is 4.74 Å². The van der Waals surface area contributed by atoms with E-state index in [1.165, 1.54) is 11.1 Å². The lowest BCUT2D eigenvalue weighted by atomic mass is 10.0. The summed E-state index contributed by atoms with van der Waals surface area (Å²) in [6.07, 6.45) is 3.80. The molecule has 0 saturated heterocycles. The van der Waals surface area contributed by atoms with Gasteiger partial charge in [-0.2, -0.15) is 0 Å². The van der Waals surface area contributed by atoms with E-state index in [0.29, 0.717) is 12.5 Å². The van der Waals surface area contributed by atoms with Gasteiger partial charge in [-0.3, -0.25) is 0 Å². The molecule has 19 heavy (non-hydrogen) atoms. The average molecular weight is 258 g/mol. The summed E-state index contributed by atoms with van der Waals surface area (Å²) in [6, 6.07) is 6.43. The molecule has 0 bridgehead atoms. The molecule has 1 aromatic carbocycles. The normalized spacial score (nSPS) is 11.0. The van der Waals surface area contributed by atoms with E-state index >= 15 is 0 Å². The van der Waals surface area contributed by atoms with Crippen LogP contribution in [-0.4, -0.2) is 9.55 Å². The predicted molar refractivity (Wildman–Crippen MR) is 77.5 cm³/mol. The number of nitrogens with zero attached hydrogens (tertiary/aromatic N) is 2. The van der Waals surface area contributed by atoms with Crippen LogP contribution in [0.15, 0.2) is 30.6 Å². The smallest absolute Gasteiger partial charge is 0.146 e. The summed E-state index contributed by atoms with van der Waals surface area (Å²) in [5.74, 6) is 2.44. The minimum atomic E-state index is 0.514. The fraction of sp³-hybridized carbons (Fsp3) is 0.438. The highest BCUT2D eigenvalue weighted by Crippen LogP contribution is 2.24. The van der Waals surface area contributed by atoms with Crippen molar-refractivity contribution in [1.29, 1.82) is 0 Å². The van der Waals surface area contributed by atoms with Gasteiger partial charge < -0.3 is 9.30 Å². The molecule has 0 aliphatic rings. The molecule has 102 valence electrons. The second-order valence-electron chi connectivity index (χ2n) is 5.10. The zero-order valence-corrected chi connectivity index (χ0v) is 12.2. The van der Waals surface area contributed by atoms with Gasteiger partial charge in [0.1, 0.15) is 18.2 Å². The Bertz CT molecular complexity index is 543. The van der Waals surface area contributed by atoms with E-state index in [0.717, 1.165) is 18.1 Å². The van der Waals surface area contributed by atoms with Crippen LogP contribution in [0.2, 0.25) is 0 Å². The van der Waals surface area contributed by atoms with Gasteiger partial charge in [-0.15, -0.1) is 0 Å². The van der Waals surface area contributed by atoms with Crippen molar-refractivity contribution in [2.75, 3.05) is 0 Å². The van der Waals surface area contributed by atoms with Crippen molar-refractivity contribution in [1.82, 2.24) is 9.55 Å².